The molecule has 2 N–H and O–H groups in total. The molecule has 0 amide bonds. The molecule has 2 aliphatic rings. The van der Waals surface area contributed by atoms with E-state index in [2.05, 4.69) is 41.4 Å². The van der Waals surface area contributed by atoms with Crippen molar-refractivity contribution in [2.75, 3.05) is 39.1 Å². The highest BCUT2D eigenvalue weighted by molar-refractivity contribution is 7.88. The second kappa shape index (κ2) is 14.8. The maximum absolute atomic E-state index is 12.6. The van der Waals surface area contributed by atoms with Gasteiger partial charge in [-0.3, -0.25) is 9.58 Å². The smallest absolute Gasteiger partial charge is 0.211 e. The average molecular weight is 699 g/mol. The molecule has 3 heterocycles. The first-order valence-electron chi connectivity index (χ1n) is 15.9. The zero-order valence-corrected chi connectivity index (χ0v) is 29.0. The molecule has 0 spiro atoms. The molecule has 0 bridgehead atoms. The number of nitrogens with one attached hydrogen (secondary N) is 1. The van der Waals surface area contributed by atoms with Gasteiger partial charge in [-0.05, 0) is 47.9 Å². The summed E-state index contributed by atoms with van der Waals surface area (Å²) in [6.07, 6.45) is 1.12. The maximum atomic E-state index is 12.6. The second-order valence-electron chi connectivity index (χ2n) is 12.5. The molecule has 4 aromatic rings. The predicted octanol–water partition coefficient (Wildman–Crippen LogP) is 5.21. The maximum Gasteiger partial charge on any atom is 0.211 e. The number of β-amino-alcohol motifs (C(OH)–C–C–N with tert-alkyl or cyclic N) is 1. The van der Waals surface area contributed by atoms with Crippen molar-refractivity contribution in [1.82, 2.24) is 24.3 Å². The summed E-state index contributed by atoms with van der Waals surface area (Å²) in [4.78, 5) is 2.24. The fraction of sp³-hybridized carbons (Fsp3) is 0.400. The zero-order valence-electron chi connectivity index (χ0n) is 26.7. The van der Waals surface area contributed by atoms with Crippen LogP contribution in [0.25, 0.3) is 22.4 Å². The van der Waals surface area contributed by atoms with E-state index < -0.39 is 16.1 Å². The Morgan fingerprint density at radius 2 is 1.66 bits per heavy atom. The lowest BCUT2D eigenvalue weighted by molar-refractivity contribution is -0.0227. The molecule has 12 heteroatoms. The Balaban J connectivity index is 1.23. The molecule has 0 radical (unpaired) electrons. The normalized spacial score (nSPS) is 18.3. The summed E-state index contributed by atoms with van der Waals surface area (Å²) < 4.78 is 34.0. The topological polar surface area (TPSA) is 99.9 Å². The molecule has 1 saturated heterocycles. The van der Waals surface area contributed by atoms with Crippen LogP contribution in [0.1, 0.15) is 29.3 Å². The number of ether oxygens (including phenoxy) is 1. The van der Waals surface area contributed by atoms with E-state index in [1.807, 2.05) is 47.1 Å². The minimum Gasteiger partial charge on any atom is -0.390 e. The highest BCUT2D eigenvalue weighted by atomic mass is 35.5. The van der Waals surface area contributed by atoms with Crippen LogP contribution in [-0.2, 0) is 47.4 Å². The van der Waals surface area contributed by atoms with Crippen molar-refractivity contribution in [1.29, 1.82) is 0 Å². The van der Waals surface area contributed by atoms with E-state index >= 15 is 0 Å². The minimum atomic E-state index is -3.40. The zero-order chi connectivity index (χ0) is 33.1. The quantitative estimate of drug-likeness (QED) is 0.222. The number of hydrogen-bond donors (Lipinski definition) is 2. The Kier molecular flexibility index (Phi) is 10.7. The summed E-state index contributed by atoms with van der Waals surface area (Å²) in [6.45, 7) is 7.08. The van der Waals surface area contributed by atoms with Crippen molar-refractivity contribution in [2.24, 2.45) is 0 Å². The number of sulfonamides is 1. The molecule has 9 nitrogen and oxygen atoms in total. The van der Waals surface area contributed by atoms with Crippen molar-refractivity contribution < 1.29 is 18.3 Å². The van der Waals surface area contributed by atoms with E-state index in [0.29, 0.717) is 56.5 Å². The molecule has 250 valence electrons. The lowest BCUT2D eigenvalue weighted by Crippen LogP contribution is -2.47. The van der Waals surface area contributed by atoms with Crippen LogP contribution in [0, 0.1) is 0 Å². The van der Waals surface area contributed by atoms with E-state index in [1.54, 1.807) is 0 Å². The summed E-state index contributed by atoms with van der Waals surface area (Å²) in [5.41, 5.74) is 7.53. The Morgan fingerprint density at radius 1 is 0.979 bits per heavy atom. The number of benzene rings is 3. The molecule has 0 aliphatic carbocycles. The van der Waals surface area contributed by atoms with Crippen LogP contribution >= 0.6 is 23.2 Å². The highest BCUT2D eigenvalue weighted by Crippen LogP contribution is 2.36. The van der Waals surface area contributed by atoms with Gasteiger partial charge in [0, 0.05) is 84.2 Å². The van der Waals surface area contributed by atoms with Crippen LogP contribution in [0.2, 0.25) is 10.0 Å². The molecule has 1 aromatic heterocycles. The van der Waals surface area contributed by atoms with Crippen LogP contribution in [0.15, 0.2) is 66.7 Å². The second-order valence-corrected chi connectivity index (χ2v) is 15.3. The molecular formula is C35H41Cl2N5O4S. The van der Waals surface area contributed by atoms with Crippen LogP contribution < -0.4 is 5.32 Å². The van der Waals surface area contributed by atoms with E-state index in [0.717, 1.165) is 51.6 Å². The SMILES string of the molecule is C[C@@H]1COCCN1C[C@H](O)Cn1nc(-c2ccc(Cl)c(-c3ccc(CNCc4ccc(Cl)cc4)cc3)c2)c2c1CCN(S(C)(=O)=O)C2. The lowest BCUT2D eigenvalue weighted by Gasteiger charge is -2.34. The van der Waals surface area contributed by atoms with Gasteiger partial charge in [0.25, 0.3) is 0 Å². The standard InChI is InChI=1S/C35H41Cl2N5O4S/c1-24-23-46-16-15-40(24)20-30(43)21-42-34-13-14-41(47(2,44)45)22-32(34)35(39-42)28-9-12-33(37)31(17-28)27-7-3-25(4-8-27)18-38-19-26-5-10-29(36)11-6-26/h3-12,17,24,30,38,43H,13-16,18-23H2,1-2H3/t24-,30+/m1/s1. The van der Waals surface area contributed by atoms with Crippen molar-refractivity contribution in [3.05, 3.63) is 99.2 Å². The number of aromatic nitrogens is 2. The first-order valence-corrected chi connectivity index (χ1v) is 18.5. The molecule has 6 rings (SSSR count). The third-order valence-corrected chi connectivity index (χ3v) is 10.8. The largest absolute Gasteiger partial charge is 0.390 e. The molecular weight excluding hydrogens is 657 g/mol. The molecule has 2 aliphatic heterocycles. The highest BCUT2D eigenvalue weighted by Gasteiger charge is 2.31. The lowest BCUT2D eigenvalue weighted by atomic mass is 9.97. The fourth-order valence-electron chi connectivity index (χ4n) is 6.34. The van der Waals surface area contributed by atoms with Gasteiger partial charge in [0.05, 0.1) is 37.8 Å². The van der Waals surface area contributed by atoms with Gasteiger partial charge >= 0.3 is 0 Å². The predicted molar refractivity (Wildman–Crippen MR) is 187 cm³/mol. The van der Waals surface area contributed by atoms with Crippen molar-refractivity contribution in [3.8, 4) is 22.4 Å². The van der Waals surface area contributed by atoms with Gasteiger partial charge in [0.15, 0.2) is 0 Å². The summed E-state index contributed by atoms with van der Waals surface area (Å²) >= 11 is 12.7. The number of hydrogen-bond acceptors (Lipinski definition) is 7. The number of aliphatic hydroxyl groups is 1. The number of fused-ring (bicyclic) bond motifs is 1. The third kappa shape index (κ3) is 8.26. The van der Waals surface area contributed by atoms with Crippen LogP contribution in [-0.4, -0.2) is 83.8 Å². The van der Waals surface area contributed by atoms with Crippen molar-refractivity contribution >= 4 is 33.2 Å². The Hall–Kier alpha value is -2.80. The Bertz CT molecular complexity index is 1800. The first-order chi connectivity index (χ1) is 22.5. The van der Waals surface area contributed by atoms with Crippen LogP contribution in [0.3, 0.4) is 0 Å². The van der Waals surface area contributed by atoms with Crippen LogP contribution in [0.5, 0.6) is 0 Å². The van der Waals surface area contributed by atoms with Crippen molar-refractivity contribution in [2.45, 2.75) is 51.7 Å². The van der Waals surface area contributed by atoms with Gasteiger partial charge in [-0.2, -0.15) is 9.40 Å². The Morgan fingerprint density at radius 3 is 2.34 bits per heavy atom. The fourth-order valence-corrected chi connectivity index (χ4v) is 7.48. The summed E-state index contributed by atoms with van der Waals surface area (Å²) in [5.74, 6) is 0. The van der Waals surface area contributed by atoms with Gasteiger partial charge in [-0.1, -0.05) is 65.7 Å². The van der Waals surface area contributed by atoms with Gasteiger partial charge in [-0.15, -0.1) is 0 Å². The Labute approximate surface area is 287 Å². The summed E-state index contributed by atoms with van der Waals surface area (Å²) in [7, 11) is -3.40. The summed E-state index contributed by atoms with van der Waals surface area (Å²) in [5, 5.41) is 20.9. The van der Waals surface area contributed by atoms with Gasteiger partial charge in [0.2, 0.25) is 10.0 Å². The molecule has 1 fully saturated rings. The molecule has 3 aromatic carbocycles. The van der Waals surface area contributed by atoms with E-state index in [-0.39, 0.29) is 12.6 Å². The van der Waals surface area contributed by atoms with Gasteiger partial charge in [-0.25, -0.2) is 8.42 Å². The number of morpholine rings is 1. The molecule has 2 atom stereocenters. The molecule has 47 heavy (non-hydrogen) atoms. The average Bonchev–Trinajstić information content (AvgIpc) is 3.40. The number of aliphatic hydroxyl groups excluding tert-OH is 1. The molecule has 0 unspecified atom stereocenters. The monoisotopic (exact) mass is 697 g/mol. The van der Waals surface area contributed by atoms with Gasteiger partial charge in [0.1, 0.15) is 0 Å². The first kappa shape index (κ1) is 34.1. The number of rotatable bonds is 11. The third-order valence-electron chi connectivity index (χ3n) is 8.98. The van der Waals surface area contributed by atoms with Crippen molar-refractivity contribution in [3.63, 3.8) is 0 Å². The number of halogens is 2. The van der Waals surface area contributed by atoms with E-state index in [4.69, 9.17) is 33.0 Å². The minimum absolute atomic E-state index is 0.232. The molecule has 0 saturated carbocycles. The van der Waals surface area contributed by atoms with E-state index in [9.17, 15) is 13.5 Å². The number of nitrogens with zero attached hydrogens (tertiary/aromatic N) is 4. The van der Waals surface area contributed by atoms with E-state index in [1.165, 1.54) is 16.1 Å². The van der Waals surface area contributed by atoms with Gasteiger partial charge < -0.3 is 15.2 Å². The summed E-state index contributed by atoms with van der Waals surface area (Å²) in [6, 6.07) is 22.2. The van der Waals surface area contributed by atoms with Crippen LogP contribution in [0.4, 0.5) is 0 Å².